The van der Waals surface area contributed by atoms with Gasteiger partial charge in [-0.3, -0.25) is 15.2 Å². The van der Waals surface area contributed by atoms with E-state index in [0.29, 0.717) is 30.8 Å². The first-order valence-electron chi connectivity index (χ1n) is 9.65. The van der Waals surface area contributed by atoms with Gasteiger partial charge in [-0.2, -0.15) is 0 Å². The molecule has 7 N–H and O–H groups in total. The van der Waals surface area contributed by atoms with Crippen molar-refractivity contribution >= 4 is 17.5 Å². The molecule has 8 heteroatoms. The van der Waals surface area contributed by atoms with E-state index in [1.54, 1.807) is 25.3 Å². The summed E-state index contributed by atoms with van der Waals surface area (Å²) in [6, 6.07) is 7.27. The van der Waals surface area contributed by atoms with Crippen LogP contribution in [-0.2, 0) is 17.9 Å². The summed E-state index contributed by atoms with van der Waals surface area (Å²) in [6.45, 7) is 3.52. The molecule has 1 aromatic heterocycles. The summed E-state index contributed by atoms with van der Waals surface area (Å²) in [5, 5.41) is 33.1. The Morgan fingerprint density at radius 2 is 1.90 bits per heavy atom. The zero-order chi connectivity index (χ0) is 21.2. The lowest BCUT2D eigenvalue weighted by molar-refractivity contribution is -0.137. The second-order valence-electron chi connectivity index (χ2n) is 6.92. The topological polar surface area (TPSA) is 144 Å². The lowest BCUT2D eigenvalue weighted by atomic mass is 10.1. The summed E-state index contributed by atoms with van der Waals surface area (Å²) in [6.07, 6.45) is 4.37. The molecule has 0 saturated heterocycles. The normalized spacial score (nSPS) is 10.7. The van der Waals surface area contributed by atoms with Gasteiger partial charge in [0.25, 0.3) is 0 Å². The molecule has 0 unspecified atom stereocenters. The van der Waals surface area contributed by atoms with Crippen molar-refractivity contribution in [2.24, 2.45) is 5.73 Å². The van der Waals surface area contributed by atoms with E-state index in [-0.39, 0.29) is 18.0 Å². The number of rotatable bonds is 12. The molecule has 0 amide bonds. The van der Waals surface area contributed by atoms with E-state index in [1.807, 2.05) is 12.1 Å². The number of amidine groups is 1. The standard InChI is InChI=1S/C21H29N5O3/c1-14-20(29)18(13-24-10-4-2-3-5-19(27)28)16(11-25-14)12-26-17-8-6-15(7-9-17)21(22)23/h6-9,11,24,26,29H,2-5,10,12-13H2,1H3,(H3,22,23)(H,27,28). The molecule has 0 bridgehead atoms. The van der Waals surface area contributed by atoms with Gasteiger partial charge in [-0.25, -0.2) is 0 Å². The Balaban J connectivity index is 1.91. The Morgan fingerprint density at radius 3 is 2.55 bits per heavy atom. The number of carboxylic acids is 1. The predicted octanol–water partition coefficient (Wildman–Crippen LogP) is 2.73. The summed E-state index contributed by atoms with van der Waals surface area (Å²) in [7, 11) is 0. The van der Waals surface area contributed by atoms with Crippen LogP contribution in [0.15, 0.2) is 30.5 Å². The number of aromatic hydroxyl groups is 1. The van der Waals surface area contributed by atoms with Crippen LogP contribution < -0.4 is 16.4 Å². The molecule has 0 spiro atoms. The largest absolute Gasteiger partial charge is 0.506 e. The molecule has 1 heterocycles. The lowest BCUT2D eigenvalue weighted by Crippen LogP contribution is -2.17. The van der Waals surface area contributed by atoms with Crippen LogP contribution >= 0.6 is 0 Å². The van der Waals surface area contributed by atoms with Gasteiger partial charge < -0.3 is 26.6 Å². The van der Waals surface area contributed by atoms with Crippen molar-refractivity contribution in [2.45, 2.75) is 45.7 Å². The van der Waals surface area contributed by atoms with Crippen molar-refractivity contribution in [3.63, 3.8) is 0 Å². The summed E-state index contributed by atoms with van der Waals surface area (Å²) in [4.78, 5) is 14.8. The molecule has 0 aliphatic carbocycles. The molecular weight excluding hydrogens is 370 g/mol. The first-order chi connectivity index (χ1) is 13.9. The minimum absolute atomic E-state index is 0.0283. The second kappa shape index (κ2) is 11.0. The molecule has 0 saturated carbocycles. The SMILES string of the molecule is Cc1ncc(CNc2ccc(C(=N)N)cc2)c(CNCCCCCC(=O)O)c1O. The van der Waals surface area contributed by atoms with Crippen molar-refractivity contribution in [1.29, 1.82) is 5.41 Å². The number of nitrogen functional groups attached to an aromatic ring is 1. The average molecular weight is 399 g/mol. The molecule has 0 aliphatic rings. The molecular formula is C21H29N5O3. The molecule has 2 aromatic rings. The molecule has 8 nitrogen and oxygen atoms in total. The minimum atomic E-state index is -0.761. The van der Waals surface area contributed by atoms with Gasteiger partial charge in [-0.05, 0) is 56.1 Å². The first-order valence-corrected chi connectivity index (χ1v) is 9.65. The predicted molar refractivity (Wildman–Crippen MR) is 113 cm³/mol. The van der Waals surface area contributed by atoms with E-state index in [1.165, 1.54) is 0 Å². The Labute approximate surface area is 170 Å². The van der Waals surface area contributed by atoms with E-state index in [4.69, 9.17) is 16.2 Å². The second-order valence-corrected chi connectivity index (χ2v) is 6.92. The van der Waals surface area contributed by atoms with Gasteiger partial charge in [0.1, 0.15) is 11.6 Å². The Bertz CT molecular complexity index is 837. The van der Waals surface area contributed by atoms with Gasteiger partial charge >= 0.3 is 5.97 Å². The van der Waals surface area contributed by atoms with Gasteiger partial charge in [0.05, 0.1) is 5.69 Å². The number of aliphatic carboxylic acids is 1. The third-order valence-corrected chi connectivity index (χ3v) is 4.66. The van der Waals surface area contributed by atoms with E-state index < -0.39 is 5.97 Å². The van der Waals surface area contributed by atoms with Crippen molar-refractivity contribution in [2.75, 3.05) is 11.9 Å². The van der Waals surface area contributed by atoms with Crippen LogP contribution in [0, 0.1) is 12.3 Å². The number of hydrogen-bond donors (Lipinski definition) is 6. The van der Waals surface area contributed by atoms with Crippen LogP contribution in [-0.4, -0.2) is 33.5 Å². The molecule has 1 aromatic carbocycles. The summed E-state index contributed by atoms with van der Waals surface area (Å²) < 4.78 is 0. The average Bonchev–Trinajstić information content (AvgIpc) is 2.69. The number of nitrogens with two attached hydrogens (primary N) is 1. The summed E-state index contributed by atoms with van der Waals surface area (Å²) >= 11 is 0. The number of nitrogens with one attached hydrogen (secondary N) is 3. The van der Waals surface area contributed by atoms with Crippen molar-refractivity contribution in [3.05, 3.63) is 52.8 Å². The van der Waals surface area contributed by atoms with Crippen LogP contribution in [0.25, 0.3) is 0 Å². The van der Waals surface area contributed by atoms with Gasteiger partial charge in [0.2, 0.25) is 0 Å². The van der Waals surface area contributed by atoms with Crippen molar-refractivity contribution < 1.29 is 15.0 Å². The van der Waals surface area contributed by atoms with Gasteiger partial charge in [0, 0.05) is 42.5 Å². The molecule has 156 valence electrons. The lowest BCUT2D eigenvalue weighted by Gasteiger charge is -2.15. The first kappa shape index (κ1) is 22.2. The maximum Gasteiger partial charge on any atom is 0.303 e. The third-order valence-electron chi connectivity index (χ3n) is 4.66. The fourth-order valence-electron chi connectivity index (χ4n) is 2.92. The number of anilines is 1. The Morgan fingerprint density at radius 1 is 1.17 bits per heavy atom. The number of nitrogens with zero attached hydrogens (tertiary/aromatic N) is 1. The number of aromatic nitrogens is 1. The van der Waals surface area contributed by atoms with Crippen LogP contribution in [0.2, 0.25) is 0 Å². The van der Waals surface area contributed by atoms with Crippen molar-refractivity contribution in [3.8, 4) is 5.75 Å². The van der Waals surface area contributed by atoms with E-state index >= 15 is 0 Å². The van der Waals surface area contributed by atoms with Gasteiger partial charge in [-0.1, -0.05) is 6.42 Å². The van der Waals surface area contributed by atoms with Crippen molar-refractivity contribution in [1.82, 2.24) is 10.3 Å². The quantitative estimate of drug-likeness (QED) is 0.183. The van der Waals surface area contributed by atoms with E-state index in [0.717, 1.165) is 36.2 Å². The minimum Gasteiger partial charge on any atom is -0.506 e. The van der Waals surface area contributed by atoms with E-state index in [9.17, 15) is 9.90 Å². The number of unbranched alkanes of at least 4 members (excludes halogenated alkanes) is 2. The number of carbonyl (C=O) groups is 1. The van der Waals surface area contributed by atoms with Gasteiger partial charge in [0.15, 0.2) is 0 Å². The highest BCUT2D eigenvalue weighted by atomic mass is 16.4. The van der Waals surface area contributed by atoms with Crippen LogP contribution in [0.5, 0.6) is 5.75 Å². The van der Waals surface area contributed by atoms with Gasteiger partial charge in [-0.15, -0.1) is 0 Å². The molecule has 0 aliphatic heterocycles. The highest BCUT2D eigenvalue weighted by molar-refractivity contribution is 5.95. The molecule has 0 radical (unpaired) electrons. The monoisotopic (exact) mass is 399 g/mol. The third kappa shape index (κ3) is 7.08. The fraction of sp³-hybridized carbons (Fsp3) is 0.381. The van der Waals surface area contributed by atoms with Crippen LogP contribution in [0.3, 0.4) is 0 Å². The summed E-state index contributed by atoms with van der Waals surface area (Å²) in [5.74, 6) is -0.543. The zero-order valence-electron chi connectivity index (χ0n) is 16.7. The Hall–Kier alpha value is -3.13. The smallest absolute Gasteiger partial charge is 0.303 e. The highest BCUT2D eigenvalue weighted by Crippen LogP contribution is 2.24. The molecule has 2 rings (SSSR count). The van der Waals surface area contributed by atoms with Crippen LogP contribution in [0.4, 0.5) is 5.69 Å². The molecule has 0 fully saturated rings. The number of benzene rings is 1. The fourth-order valence-corrected chi connectivity index (χ4v) is 2.92. The number of pyridine rings is 1. The number of carboxylic acid groups (broad SMARTS) is 1. The molecule has 29 heavy (non-hydrogen) atoms. The maximum absolute atomic E-state index is 10.5. The Kier molecular flexibility index (Phi) is 8.42. The maximum atomic E-state index is 10.5. The number of aryl methyl sites for hydroxylation is 1. The highest BCUT2D eigenvalue weighted by Gasteiger charge is 2.11. The van der Waals surface area contributed by atoms with Crippen LogP contribution in [0.1, 0.15) is 48.1 Å². The molecule has 0 atom stereocenters. The summed E-state index contributed by atoms with van der Waals surface area (Å²) in [5.41, 5.74) is 9.29. The zero-order valence-corrected chi connectivity index (χ0v) is 16.7. The number of hydrogen-bond acceptors (Lipinski definition) is 6. The van der Waals surface area contributed by atoms with E-state index in [2.05, 4.69) is 15.6 Å².